The van der Waals surface area contributed by atoms with Gasteiger partial charge >= 0.3 is 12.0 Å². The Morgan fingerprint density at radius 1 is 1.39 bits per heavy atom. The Morgan fingerprint density at radius 2 is 2.06 bits per heavy atom. The molecule has 1 rings (SSSR count). The number of amides is 2. The third-order valence-electron chi connectivity index (χ3n) is 3.32. The number of aliphatic carboxylic acids is 1. The summed E-state index contributed by atoms with van der Waals surface area (Å²) >= 11 is 0. The van der Waals surface area contributed by atoms with E-state index in [4.69, 9.17) is 5.11 Å². The molecule has 0 saturated carbocycles. The van der Waals surface area contributed by atoms with Crippen LogP contribution in [0.2, 0.25) is 0 Å². The molecule has 18 heavy (non-hydrogen) atoms. The van der Waals surface area contributed by atoms with Crippen molar-refractivity contribution in [2.75, 3.05) is 19.6 Å². The van der Waals surface area contributed by atoms with Gasteiger partial charge in [-0.1, -0.05) is 0 Å². The number of urea groups is 1. The quantitative estimate of drug-likeness (QED) is 0.669. The van der Waals surface area contributed by atoms with E-state index >= 15 is 0 Å². The molecule has 6 nitrogen and oxygen atoms in total. The summed E-state index contributed by atoms with van der Waals surface area (Å²) in [6, 6.07) is -0.732. The minimum atomic E-state index is -1.03. The van der Waals surface area contributed by atoms with Crippen LogP contribution in [0, 0.1) is 5.92 Å². The largest absolute Gasteiger partial charge is 0.480 e. The summed E-state index contributed by atoms with van der Waals surface area (Å²) in [5.74, 6) is -0.574. The average molecular weight is 257 g/mol. The summed E-state index contributed by atoms with van der Waals surface area (Å²) in [6.07, 6.45) is 1.08. The third kappa shape index (κ3) is 4.52. The normalized spacial score (nSPS) is 21.9. The Morgan fingerprint density at radius 3 is 2.56 bits per heavy atom. The summed E-state index contributed by atoms with van der Waals surface area (Å²) < 4.78 is 0. The van der Waals surface area contributed by atoms with Crippen LogP contribution in [0.4, 0.5) is 4.79 Å². The Labute approximate surface area is 108 Å². The number of hydrogen-bond acceptors (Lipinski definition) is 3. The van der Waals surface area contributed by atoms with Gasteiger partial charge in [-0.05, 0) is 39.7 Å². The Kier molecular flexibility index (Phi) is 5.40. The predicted octanol–water partition coefficient (Wildman–Crippen LogP) is 0.489. The fourth-order valence-electron chi connectivity index (χ4n) is 2.04. The van der Waals surface area contributed by atoms with E-state index in [2.05, 4.69) is 29.4 Å². The van der Waals surface area contributed by atoms with E-state index in [-0.39, 0.29) is 0 Å². The third-order valence-corrected chi connectivity index (χ3v) is 3.32. The molecular weight excluding hydrogens is 234 g/mol. The maximum atomic E-state index is 11.4. The predicted molar refractivity (Wildman–Crippen MR) is 68.4 cm³/mol. The molecule has 104 valence electrons. The van der Waals surface area contributed by atoms with E-state index in [1.54, 1.807) is 0 Å². The van der Waals surface area contributed by atoms with E-state index < -0.39 is 18.0 Å². The number of nitrogens with one attached hydrogen (secondary N) is 2. The first-order valence-electron chi connectivity index (χ1n) is 6.41. The number of hydrogen-bond donors (Lipinski definition) is 3. The second-order valence-electron chi connectivity index (χ2n) is 5.16. The summed E-state index contributed by atoms with van der Waals surface area (Å²) in [7, 11) is 0. The highest BCUT2D eigenvalue weighted by Gasteiger charge is 2.24. The van der Waals surface area contributed by atoms with Crippen molar-refractivity contribution < 1.29 is 14.7 Å². The molecule has 0 aromatic heterocycles. The van der Waals surface area contributed by atoms with Crippen LogP contribution in [0.15, 0.2) is 0 Å². The lowest BCUT2D eigenvalue weighted by Crippen LogP contribution is -2.45. The Balaban J connectivity index is 2.22. The fourth-order valence-corrected chi connectivity index (χ4v) is 2.04. The molecule has 1 heterocycles. The van der Waals surface area contributed by atoms with E-state index in [0.717, 1.165) is 19.5 Å². The number of rotatable bonds is 5. The van der Waals surface area contributed by atoms with Gasteiger partial charge < -0.3 is 20.6 Å². The lowest BCUT2D eigenvalue weighted by molar-refractivity contribution is -0.138. The summed E-state index contributed by atoms with van der Waals surface area (Å²) in [6.45, 7) is 8.43. The van der Waals surface area contributed by atoms with Crippen molar-refractivity contribution in [3.05, 3.63) is 0 Å². The lowest BCUT2D eigenvalue weighted by Gasteiger charge is -2.20. The van der Waals surface area contributed by atoms with Crippen molar-refractivity contribution in [3.63, 3.8) is 0 Å². The molecule has 1 aliphatic heterocycles. The standard InChI is InChI=1S/C12H23N3O3/c1-8(2)15-5-4-10(7-15)6-13-12(18)14-9(3)11(16)17/h8-10H,4-7H2,1-3H3,(H,16,17)(H2,13,14,18)/t9-,10?/m1/s1. The van der Waals surface area contributed by atoms with Crippen LogP contribution < -0.4 is 10.6 Å². The highest BCUT2D eigenvalue weighted by atomic mass is 16.4. The van der Waals surface area contributed by atoms with Gasteiger partial charge in [0.05, 0.1) is 0 Å². The van der Waals surface area contributed by atoms with Crippen LogP contribution >= 0.6 is 0 Å². The van der Waals surface area contributed by atoms with Gasteiger partial charge in [-0.3, -0.25) is 4.79 Å². The Bertz CT molecular complexity index is 307. The number of carboxylic acid groups (broad SMARTS) is 1. The minimum Gasteiger partial charge on any atom is -0.480 e. The second kappa shape index (κ2) is 6.58. The molecule has 0 spiro atoms. The molecular formula is C12H23N3O3. The fraction of sp³-hybridized carbons (Fsp3) is 0.833. The molecule has 1 saturated heterocycles. The van der Waals surface area contributed by atoms with E-state index in [1.165, 1.54) is 6.92 Å². The topological polar surface area (TPSA) is 81.7 Å². The van der Waals surface area contributed by atoms with Crippen molar-refractivity contribution >= 4 is 12.0 Å². The van der Waals surface area contributed by atoms with Crippen LogP contribution in [0.1, 0.15) is 27.2 Å². The molecule has 1 aliphatic rings. The SMILES string of the molecule is CC(C)N1CCC(CNC(=O)N[C@H](C)C(=O)O)C1. The lowest BCUT2D eigenvalue weighted by atomic mass is 10.1. The Hall–Kier alpha value is -1.30. The zero-order valence-corrected chi connectivity index (χ0v) is 11.3. The maximum absolute atomic E-state index is 11.4. The second-order valence-corrected chi connectivity index (χ2v) is 5.16. The van der Waals surface area contributed by atoms with E-state index in [1.807, 2.05) is 0 Å². The molecule has 0 radical (unpaired) electrons. The average Bonchev–Trinajstić information content (AvgIpc) is 2.74. The van der Waals surface area contributed by atoms with Gasteiger partial charge in [0, 0.05) is 19.1 Å². The van der Waals surface area contributed by atoms with Crippen molar-refractivity contribution in [1.29, 1.82) is 0 Å². The van der Waals surface area contributed by atoms with Crippen molar-refractivity contribution in [1.82, 2.24) is 15.5 Å². The van der Waals surface area contributed by atoms with Crippen molar-refractivity contribution in [2.45, 2.75) is 39.3 Å². The minimum absolute atomic E-state index is 0.409. The molecule has 6 heteroatoms. The first-order chi connectivity index (χ1) is 8.40. The van der Waals surface area contributed by atoms with Gasteiger partial charge in [0.25, 0.3) is 0 Å². The molecule has 1 unspecified atom stereocenters. The number of carboxylic acids is 1. The van der Waals surface area contributed by atoms with Gasteiger partial charge in [0.15, 0.2) is 0 Å². The monoisotopic (exact) mass is 257 g/mol. The van der Waals surface area contributed by atoms with E-state index in [9.17, 15) is 9.59 Å². The van der Waals surface area contributed by atoms with Gasteiger partial charge in [0.1, 0.15) is 6.04 Å². The first kappa shape index (κ1) is 14.8. The van der Waals surface area contributed by atoms with Crippen molar-refractivity contribution in [2.24, 2.45) is 5.92 Å². The molecule has 2 atom stereocenters. The number of carbonyl (C=O) groups excluding carboxylic acids is 1. The summed E-state index contributed by atoms with van der Waals surface area (Å²) in [4.78, 5) is 24.4. The zero-order valence-electron chi connectivity index (χ0n) is 11.3. The van der Waals surface area contributed by atoms with Crippen LogP contribution in [0.3, 0.4) is 0 Å². The molecule has 0 bridgehead atoms. The van der Waals surface area contributed by atoms with Crippen LogP contribution in [-0.4, -0.2) is 53.7 Å². The molecule has 0 aromatic carbocycles. The molecule has 0 aliphatic carbocycles. The van der Waals surface area contributed by atoms with E-state index in [0.29, 0.717) is 18.5 Å². The number of likely N-dealkylation sites (tertiary alicyclic amines) is 1. The molecule has 2 amide bonds. The van der Waals surface area contributed by atoms with Crippen LogP contribution in [-0.2, 0) is 4.79 Å². The van der Waals surface area contributed by atoms with Gasteiger partial charge in [0.2, 0.25) is 0 Å². The smallest absolute Gasteiger partial charge is 0.325 e. The first-order valence-corrected chi connectivity index (χ1v) is 6.41. The molecule has 3 N–H and O–H groups in total. The zero-order chi connectivity index (χ0) is 13.7. The molecule has 1 fully saturated rings. The number of carbonyl (C=O) groups is 2. The van der Waals surface area contributed by atoms with Crippen LogP contribution in [0.25, 0.3) is 0 Å². The summed E-state index contributed by atoms with van der Waals surface area (Å²) in [5, 5.41) is 13.8. The molecule has 0 aromatic rings. The van der Waals surface area contributed by atoms with Gasteiger partial charge in [-0.15, -0.1) is 0 Å². The van der Waals surface area contributed by atoms with Crippen molar-refractivity contribution in [3.8, 4) is 0 Å². The number of nitrogens with zero attached hydrogens (tertiary/aromatic N) is 1. The highest BCUT2D eigenvalue weighted by Crippen LogP contribution is 2.17. The maximum Gasteiger partial charge on any atom is 0.325 e. The summed E-state index contributed by atoms with van der Waals surface area (Å²) in [5.41, 5.74) is 0. The highest BCUT2D eigenvalue weighted by molar-refractivity contribution is 5.82. The van der Waals surface area contributed by atoms with Crippen LogP contribution in [0.5, 0.6) is 0 Å². The van der Waals surface area contributed by atoms with Gasteiger partial charge in [-0.2, -0.15) is 0 Å². The van der Waals surface area contributed by atoms with Gasteiger partial charge in [-0.25, -0.2) is 4.79 Å².